The summed E-state index contributed by atoms with van der Waals surface area (Å²) in [5.74, 6) is 7.01. The molecule has 0 spiro atoms. The van der Waals surface area contributed by atoms with E-state index in [1.807, 2.05) is 86.6 Å². The number of carbonyl (C=O) groups excluding carboxylic acids is 3. The van der Waals surface area contributed by atoms with Crippen LogP contribution in [0.25, 0.3) is 0 Å². The molecule has 4 unspecified atom stereocenters. The van der Waals surface area contributed by atoms with Gasteiger partial charge in [0.2, 0.25) is 11.8 Å². The molecule has 4 rings (SSSR count). The van der Waals surface area contributed by atoms with Crippen LogP contribution in [-0.4, -0.2) is 54.7 Å². The van der Waals surface area contributed by atoms with Crippen molar-refractivity contribution in [2.75, 3.05) is 37.0 Å². The second-order valence-corrected chi connectivity index (χ2v) is 17.4. The third kappa shape index (κ3) is 12.7. The number of hydrogen-bond acceptors (Lipinski definition) is 7. The van der Waals surface area contributed by atoms with Gasteiger partial charge in [-0.3, -0.25) is 18.9 Å². The maximum Gasteiger partial charge on any atom is 0.325 e. The summed E-state index contributed by atoms with van der Waals surface area (Å²) in [5.41, 5.74) is 5.11. The van der Waals surface area contributed by atoms with E-state index >= 15 is 0 Å². The first-order chi connectivity index (χ1) is 23.9. The van der Waals surface area contributed by atoms with E-state index in [0.29, 0.717) is 31.0 Å². The average Bonchev–Trinajstić information content (AvgIpc) is 3.09. The van der Waals surface area contributed by atoms with Crippen molar-refractivity contribution < 1.29 is 28.4 Å². The molecule has 0 radical (unpaired) electrons. The molecular formula is C38H46N3O6PS2. The highest BCUT2D eigenvalue weighted by molar-refractivity contribution is 8.76. The highest BCUT2D eigenvalue weighted by atomic mass is 33.1. The molecule has 0 aliphatic carbocycles. The van der Waals surface area contributed by atoms with Gasteiger partial charge in [-0.05, 0) is 66.6 Å². The summed E-state index contributed by atoms with van der Waals surface area (Å²) in [6.45, 7) is 8.87. The zero-order valence-corrected chi connectivity index (χ0v) is 31.5. The molecule has 0 saturated carbocycles. The Hall–Kier alpha value is -3.52. The normalized spacial score (nSPS) is 15.0. The first-order valence-corrected chi connectivity index (χ1v) is 21.2. The largest absolute Gasteiger partial charge is 0.355 e. The van der Waals surface area contributed by atoms with Gasteiger partial charge in [-0.15, -0.1) is 0 Å². The maximum atomic E-state index is 13.4. The van der Waals surface area contributed by atoms with Crippen LogP contribution in [0.15, 0.2) is 72.8 Å². The van der Waals surface area contributed by atoms with Crippen LogP contribution in [0.3, 0.4) is 0 Å². The Bertz CT molecular complexity index is 1740. The van der Waals surface area contributed by atoms with Crippen molar-refractivity contribution >= 4 is 52.6 Å². The number of fused-ring (bicyclic) bond motifs is 2. The van der Waals surface area contributed by atoms with Gasteiger partial charge in [0, 0.05) is 60.3 Å². The van der Waals surface area contributed by atoms with Crippen LogP contribution < -0.4 is 15.5 Å². The molecule has 0 saturated heterocycles. The number of anilines is 1. The molecule has 9 nitrogen and oxygen atoms in total. The molecule has 50 heavy (non-hydrogen) atoms. The van der Waals surface area contributed by atoms with E-state index < -0.39 is 7.60 Å². The monoisotopic (exact) mass is 735 g/mol. The van der Waals surface area contributed by atoms with E-state index in [4.69, 9.17) is 4.52 Å². The fourth-order valence-corrected chi connectivity index (χ4v) is 8.24. The van der Waals surface area contributed by atoms with Crippen LogP contribution in [0.2, 0.25) is 0 Å². The van der Waals surface area contributed by atoms with E-state index in [0.717, 1.165) is 34.4 Å². The van der Waals surface area contributed by atoms with Crippen molar-refractivity contribution in [3.05, 3.63) is 101 Å². The van der Waals surface area contributed by atoms with E-state index in [1.165, 1.54) is 6.66 Å². The van der Waals surface area contributed by atoms with Crippen LogP contribution in [0, 0.1) is 23.7 Å². The van der Waals surface area contributed by atoms with E-state index in [1.54, 1.807) is 26.5 Å². The Kier molecular flexibility index (Phi) is 15.1. The molecule has 266 valence electrons. The lowest BCUT2D eigenvalue weighted by Crippen LogP contribution is -2.33. The minimum Gasteiger partial charge on any atom is -0.355 e. The van der Waals surface area contributed by atoms with Crippen molar-refractivity contribution in [2.24, 2.45) is 11.8 Å². The summed E-state index contributed by atoms with van der Waals surface area (Å²) in [7, 11) is -0.123. The number of rotatable bonds is 17. The summed E-state index contributed by atoms with van der Waals surface area (Å²) in [5, 5.41) is 6.09. The molecule has 3 N–H and O–H groups in total. The number of carbonyl (C=O) groups is 3. The van der Waals surface area contributed by atoms with Crippen molar-refractivity contribution in [1.29, 1.82) is 0 Å². The molecule has 12 heteroatoms. The molecule has 1 aliphatic rings. The molecule has 0 aromatic heterocycles. The zero-order valence-electron chi connectivity index (χ0n) is 29.0. The maximum absolute atomic E-state index is 13.4. The minimum absolute atomic E-state index is 0.0968. The lowest BCUT2D eigenvalue weighted by molar-refractivity contribution is -0.125. The topological polar surface area (TPSA) is 125 Å². The van der Waals surface area contributed by atoms with Crippen LogP contribution in [0.4, 0.5) is 5.69 Å². The number of amides is 3. The number of benzene rings is 3. The molecule has 4 atom stereocenters. The van der Waals surface area contributed by atoms with Gasteiger partial charge in [-0.25, -0.2) is 0 Å². The van der Waals surface area contributed by atoms with Crippen molar-refractivity contribution in [2.45, 2.75) is 51.8 Å². The SMILES string of the molecule is CC(CNC(=O)c1ccc(C(C)SSCCNC(=O)CCC(=O)N2Cc3ccccc3C#Cc3ccccc32)cc1)CC(C)COP(C)(=O)O. The van der Waals surface area contributed by atoms with Gasteiger partial charge >= 0.3 is 7.60 Å². The van der Waals surface area contributed by atoms with Crippen LogP contribution in [-0.2, 0) is 25.2 Å². The predicted molar refractivity (Wildman–Crippen MR) is 204 cm³/mol. The van der Waals surface area contributed by atoms with Crippen molar-refractivity contribution in [1.82, 2.24) is 10.6 Å². The Morgan fingerprint density at radius 2 is 1.60 bits per heavy atom. The molecule has 1 aliphatic heterocycles. The fraction of sp³-hybridized carbons (Fsp3) is 0.395. The summed E-state index contributed by atoms with van der Waals surface area (Å²) in [4.78, 5) is 49.7. The first-order valence-electron chi connectivity index (χ1n) is 16.8. The quantitative estimate of drug-likeness (QED) is 0.0576. The zero-order chi connectivity index (χ0) is 36.1. The minimum atomic E-state index is -3.48. The Labute approximate surface area is 303 Å². The van der Waals surface area contributed by atoms with Gasteiger partial charge in [0.25, 0.3) is 5.91 Å². The van der Waals surface area contributed by atoms with Crippen molar-refractivity contribution in [3.63, 3.8) is 0 Å². The summed E-state index contributed by atoms with van der Waals surface area (Å²) in [6, 6.07) is 23.0. The second-order valence-electron chi connectivity index (χ2n) is 12.7. The highest BCUT2D eigenvalue weighted by Crippen LogP contribution is 2.38. The van der Waals surface area contributed by atoms with Crippen LogP contribution in [0.1, 0.15) is 77.9 Å². The molecule has 1 heterocycles. The first kappa shape index (κ1) is 39.3. The van der Waals surface area contributed by atoms with Gasteiger partial charge in [-0.2, -0.15) is 0 Å². The fourth-order valence-electron chi connectivity index (χ4n) is 5.47. The average molecular weight is 736 g/mol. The molecule has 0 bridgehead atoms. The van der Waals surface area contributed by atoms with Gasteiger partial charge in [0.15, 0.2) is 0 Å². The highest BCUT2D eigenvalue weighted by Gasteiger charge is 2.22. The molecule has 3 aromatic rings. The number of nitrogens with zero attached hydrogens (tertiary/aromatic N) is 1. The lowest BCUT2D eigenvalue weighted by atomic mass is 9.98. The van der Waals surface area contributed by atoms with Gasteiger partial charge in [-0.1, -0.05) is 89.7 Å². The van der Waals surface area contributed by atoms with Gasteiger partial charge in [0.05, 0.1) is 18.8 Å². The number of nitrogens with one attached hydrogen (secondary N) is 2. The Balaban J connectivity index is 1.13. The van der Waals surface area contributed by atoms with E-state index in [-0.39, 0.29) is 54.3 Å². The van der Waals surface area contributed by atoms with E-state index in [9.17, 15) is 23.8 Å². The van der Waals surface area contributed by atoms with Crippen molar-refractivity contribution in [3.8, 4) is 11.8 Å². The summed E-state index contributed by atoms with van der Waals surface area (Å²) in [6.07, 6.45) is 0.973. The third-order valence-corrected chi connectivity index (χ3v) is 11.6. The van der Waals surface area contributed by atoms with E-state index in [2.05, 4.69) is 29.4 Å². The van der Waals surface area contributed by atoms with Gasteiger partial charge in [0.1, 0.15) is 0 Å². The smallest absolute Gasteiger partial charge is 0.325 e. The standard InChI is InChI=1S/C38H46N3O6PS2/c1-27(23-28(2)26-47-48(4,45)46)24-40-38(44)33-17-13-30(14-18-33)29(3)50-49-22-21-39-36(42)19-20-37(43)41-25-34-11-6-5-9-31(34)15-16-32-10-7-8-12-35(32)41/h5-14,17-18,27-29H,19-26H2,1-4H3,(H,39,42)(H,40,44)(H,45,46). The molecule has 3 amide bonds. The summed E-state index contributed by atoms with van der Waals surface area (Å²) >= 11 is 0. The number of para-hydroxylation sites is 1. The molecule has 3 aromatic carbocycles. The van der Waals surface area contributed by atoms with Crippen LogP contribution >= 0.6 is 29.2 Å². The van der Waals surface area contributed by atoms with Crippen LogP contribution in [0.5, 0.6) is 0 Å². The Morgan fingerprint density at radius 1 is 0.920 bits per heavy atom. The predicted octanol–water partition coefficient (Wildman–Crippen LogP) is 7.20. The number of hydrogen-bond donors (Lipinski definition) is 3. The summed E-state index contributed by atoms with van der Waals surface area (Å²) < 4.78 is 16.3. The van der Waals surface area contributed by atoms with Gasteiger partial charge < -0.3 is 25.0 Å². The lowest BCUT2D eigenvalue weighted by Gasteiger charge is -2.26. The third-order valence-electron chi connectivity index (χ3n) is 8.12. The molecule has 0 fully saturated rings. The Morgan fingerprint density at radius 3 is 2.34 bits per heavy atom. The molecular weight excluding hydrogens is 690 g/mol. The second kappa shape index (κ2) is 19.2.